The first-order valence-electron chi connectivity index (χ1n) is 11.3. The number of nitrogens with one attached hydrogen (secondary N) is 3. The Balaban J connectivity index is 5.06. The van der Waals surface area contributed by atoms with E-state index in [1.54, 1.807) is 34.6 Å². The van der Waals surface area contributed by atoms with E-state index in [-0.39, 0.29) is 36.6 Å². The van der Waals surface area contributed by atoms with E-state index in [0.29, 0.717) is 12.3 Å². The molecule has 0 bridgehead atoms. The van der Waals surface area contributed by atoms with Crippen LogP contribution in [0.2, 0.25) is 0 Å². The molecule has 0 aromatic heterocycles. The number of aliphatic hydroxyl groups is 1. The number of hydrogen-bond donors (Lipinski definition) is 4. The molecule has 4 N–H and O–H groups in total. The molecule has 0 aliphatic rings. The van der Waals surface area contributed by atoms with Gasteiger partial charge in [0.1, 0.15) is 18.2 Å². The molecule has 12 heteroatoms. The zero-order valence-electron chi connectivity index (χ0n) is 20.8. The Hall–Kier alpha value is -2.34. The fourth-order valence-corrected chi connectivity index (χ4v) is 3.55. The van der Waals surface area contributed by atoms with Crippen molar-refractivity contribution < 1.29 is 38.6 Å². The minimum absolute atomic E-state index is 0.0773. The first-order valence-corrected chi connectivity index (χ1v) is 12.5. The van der Waals surface area contributed by atoms with Crippen molar-refractivity contribution in [3.8, 4) is 0 Å². The van der Waals surface area contributed by atoms with Gasteiger partial charge in [-0.05, 0) is 6.92 Å². The molecule has 0 aliphatic carbocycles. The van der Waals surface area contributed by atoms with Crippen molar-refractivity contribution in [1.29, 1.82) is 0 Å². The van der Waals surface area contributed by atoms with Crippen LogP contribution in [0.25, 0.3) is 0 Å². The van der Waals surface area contributed by atoms with E-state index < -0.39 is 48.5 Å². The molecule has 0 aliphatic heterocycles. The van der Waals surface area contributed by atoms with Crippen molar-refractivity contribution in [2.45, 2.75) is 66.2 Å². The maximum absolute atomic E-state index is 12.6. The number of aliphatic hydroxyl groups excluding tert-OH is 1. The molecule has 0 saturated heterocycles. The summed E-state index contributed by atoms with van der Waals surface area (Å²) >= 11 is 1.26. The van der Waals surface area contributed by atoms with Crippen molar-refractivity contribution >= 4 is 41.4 Å². The largest absolute Gasteiger partial charge is 0.465 e. The minimum atomic E-state index is -1.15. The molecular formula is C22H39N3O8S. The first kappa shape index (κ1) is 31.7. The Kier molecular flexibility index (Phi) is 16.0. The third kappa shape index (κ3) is 13.4. The summed E-state index contributed by atoms with van der Waals surface area (Å²) < 4.78 is 10.7. The molecule has 0 fully saturated rings. The molecule has 11 nitrogen and oxygen atoms in total. The SMILES string of the molecule is CCNC(=O)C(CO)NC(=O)C(CSCC(CCOC(=O)C(C)C)OC(=O)C(C)C)NC(C)=O. The van der Waals surface area contributed by atoms with Gasteiger partial charge in [0.2, 0.25) is 17.7 Å². The molecule has 34 heavy (non-hydrogen) atoms. The highest BCUT2D eigenvalue weighted by molar-refractivity contribution is 7.99. The number of carbonyl (C=O) groups is 5. The lowest BCUT2D eigenvalue weighted by molar-refractivity contribution is -0.154. The van der Waals surface area contributed by atoms with E-state index in [1.165, 1.54) is 18.7 Å². The van der Waals surface area contributed by atoms with Crippen LogP contribution in [-0.2, 0) is 33.4 Å². The smallest absolute Gasteiger partial charge is 0.308 e. The Morgan fingerprint density at radius 2 is 1.50 bits per heavy atom. The fraction of sp³-hybridized carbons (Fsp3) is 0.773. The van der Waals surface area contributed by atoms with E-state index in [2.05, 4.69) is 16.0 Å². The summed E-state index contributed by atoms with van der Waals surface area (Å²) in [6.45, 7) is 9.62. The third-order valence-electron chi connectivity index (χ3n) is 4.36. The number of hydrogen-bond acceptors (Lipinski definition) is 9. The summed E-state index contributed by atoms with van der Waals surface area (Å²) in [5.41, 5.74) is 0. The lowest BCUT2D eigenvalue weighted by atomic mass is 10.2. The van der Waals surface area contributed by atoms with Gasteiger partial charge in [0.15, 0.2) is 0 Å². The predicted molar refractivity (Wildman–Crippen MR) is 128 cm³/mol. The maximum Gasteiger partial charge on any atom is 0.308 e. The average molecular weight is 506 g/mol. The highest BCUT2D eigenvalue weighted by Gasteiger charge is 2.26. The Bertz CT molecular complexity index is 687. The van der Waals surface area contributed by atoms with Crippen LogP contribution in [0.1, 0.15) is 48.0 Å². The van der Waals surface area contributed by atoms with Gasteiger partial charge >= 0.3 is 11.9 Å². The van der Waals surface area contributed by atoms with Gasteiger partial charge in [0, 0.05) is 31.4 Å². The molecule has 0 spiro atoms. The van der Waals surface area contributed by atoms with Gasteiger partial charge in [0.05, 0.1) is 25.0 Å². The number of amides is 3. The van der Waals surface area contributed by atoms with Crippen LogP contribution >= 0.6 is 11.8 Å². The number of esters is 2. The molecule has 0 aromatic carbocycles. The summed E-state index contributed by atoms with van der Waals surface area (Å²) in [6.07, 6.45) is -0.286. The van der Waals surface area contributed by atoms with Crippen LogP contribution in [0.3, 0.4) is 0 Å². The molecular weight excluding hydrogens is 466 g/mol. The van der Waals surface area contributed by atoms with E-state index >= 15 is 0 Å². The Labute approximate surface area is 205 Å². The molecule has 0 heterocycles. The van der Waals surface area contributed by atoms with E-state index in [1.807, 2.05) is 0 Å². The number of thioether (sulfide) groups is 1. The van der Waals surface area contributed by atoms with Crippen molar-refractivity contribution in [3.05, 3.63) is 0 Å². The van der Waals surface area contributed by atoms with Gasteiger partial charge in [0.25, 0.3) is 0 Å². The summed E-state index contributed by atoms with van der Waals surface area (Å²) in [7, 11) is 0. The van der Waals surface area contributed by atoms with Crippen LogP contribution in [0.15, 0.2) is 0 Å². The van der Waals surface area contributed by atoms with Crippen molar-refractivity contribution in [3.63, 3.8) is 0 Å². The van der Waals surface area contributed by atoms with E-state index in [4.69, 9.17) is 9.47 Å². The lowest BCUT2D eigenvalue weighted by Crippen LogP contribution is -2.55. The van der Waals surface area contributed by atoms with Gasteiger partial charge in [-0.15, -0.1) is 0 Å². The van der Waals surface area contributed by atoms with Gasteiger partial charge in [-0.3, -0.25) is 24.0 Å². The summed E-state index contributed by atoms with van der Waals surface area (Å²) in [6, 6.07) is -2.13. The number of rotatable bonds is 16. The molecule has 0 saturated carbocycles. The van der Waals surface area contributed by atoms with Crippen LogP contribution in [-0.4, -0.2) is 84.2 Å². The van der Waals surface area contributed by atoms with Crippen LogP contribution in [0.4, 0.5) is 0 Å². The van der Waals surface area contributed by atoms with Crippen molar-refractivity contribution in [1.82, 2.24) is 16.0 Å². The van der Waals surface area contributed by atoms with Gasteiger partial charge < -0.3 is 30.5 Å². The summed E-state index contributed by atoms with van der Waals surface area (Å²) in [4.78, 5) is 59.9. The predicted octanol–water partition coefficient (Wildman–Crippen LogP) is -0.00540. The average Bonchev–Trinajstić information content (AvgIpc) is 2.75. The maximum atomic E-state index is 12.6. The van der Waals surface area contributed by atoms with E-state index in [0.717, 1.165) is 0 Å². The van der Waals surface area contributed by atoms with Gasteiger partial charge in [-0.1, -0.05) is 27.7 Å². The molecule has 3 atom stereocenters. The molecule has 196 valence electrons. The third-order valence-corrected chi connectivity index (χ3v) is 5.54. The molecule has 3 amide bonds. The second-order valence-corrected chi connectivity index (χ2v) is 9.33. The monoisotopic (exact) mass is 505 g/mol. The zero-order chi connectivity index (χ0) is 26.3. The Morgan fingerprint density at radius 3 is 2.00 bits per heavy atom. The highest BCUT2D eigenvalue weighted by Crippen LogP contribution is 2.14. The van der Waals surface area contributed by atoms with Crippen LogP contribution in [0, 0.1) is 11.8 Å². The zero-order valence-corrected chi connectivity index (χ0v) is 21.7. The summed E-state index contributed by atoms with van der Waals surface area (Å²) in [5, 5.41) is 16.9. The molecule has 0 aromatic rings. The topological polar surface area (TPSA) is 160 Å². The van der Waals surface area contributed by atoms with E-state index in [9.17, 15) is 29.1 Å². The molecule has 0 rings (SSSR count). The fourth-order valence-electron chi connectivity index (χ4n) is 2.44. The van der Waals surface area contributed by atoms with Gasteiger partial charge in [-0.2, -0.15) is 11.8 Å². The number of ether oxygens (including phenoxy) is 2. The molecule has 0 radical (unpaired) electrons. The standard InChI is InChI=1S/C22H39N3O8S/c1-7-23-19(28)17(10-26)25-20(29)18(24-15(6)27)12-34-11-16(33-22(31)14(4)5)8-9-32-21(30)13(2)3/h13-14,16-18,26H,7-12H2,1-6H3,(H,23,28)(H,24,27)(H,25,29). The normalized spacial score (nSPS) is 13.6. The lowest BCUT2D eigenvalue weighted by Gasteiger charge is -2.23. The molecule has 3 unspecified atom stereocenters. The van der Waals surface area contributed by atoms with Crippen molar-refractivity contribution in [2.24, 2.45) is 11.8 Å². The second-order valence-electron chi connectivity index (χ2n) is 8.25. The number of carbonyl (C=O) groups excluding carboxylic acids is 5. The minimum Gasteiger partial charge on any atom is -0.465 e. The van der Waals surface area contributed by atoms with Gasteiger partial charge in [-0.25, -0.2) is 0 Å². The number of likely N-dealkylation sites (N-methyl/N-ethyl adjacent to an activating group) is 1. The van der Waals surface area contributed by atoms with Crippen LogP contribution in [0.5, 0.6) is 0 Å². The summed E-state index contributed by atoms with van der Waals surface area (Å²) in [5.74, 6) is -2.56. The second kappa shape index (κ2) is 17.1. The highest BCUT2D eigenvalue weighted by atomic mass is 32.2. The first-order chi connectivity index (χ1) is 15.9. The van der Waals surface area contributed by atoms with Crippen LogP contribution < -0.4 is 16.0 Å². The van der Waals surface area contributed by atoms with Crippen molar-refractivity contribution in [2.75, 3.05) is 31.3 Å². The Morgan fingerprint density at radius 1 is 0.882 bits per heavy atom. The quantitative estimate of drug-likeness (QED) is 0.212.